The summed E-state index contributed by atoms with van der Waals surface area (Å²) in [6, 6.07) is 18.3. The zero-order valence-electron chi connectivity index (χ0n) is 20.8. The fraction of sp³-hybridized carbons (Fsp3) is 0.172. The van der Waals surface area contributed by atoms with E-state index in [2.05, 4.69) is 0 Å². The van der Waals surface area contributed by atoms with Gasteiger partial charge in [0.25, 0.3) is 5.56 Å². The Morgan fingerprint density at radius 1 is 0.865 bits per heavy atom. The molecule has 0 saturated heterocycles. The van der Waals surface area contributed by atoms with Crippen LogP contribution in [0.25, 0.3) is 27.8 Å². The lowest BCUT2D eigenvalue weighted by Crippen LogP contribution is -2.37. The summed E-state index contributed by atoms with van der Waals surface area (Å²) in [5.41, 5.74) is 4.53. The number of rotatable bonds is 2. The Balaban J connectivity index is 1.88. The monoisotopic (exact) mass is 495 g/mol. The van der Waals surface area contributed by atoms with Crippen molar-refractivity contribution < 1.29 is 14.9 Å². The summed E-state index contributed by atoms with van der Waals surface area (Å²) < 4.78 is 11.0. The molecule has 0 bridgehead atoms. The quantitative estimate of drug-likeness (QED) is 0.358. The Morgan fingerprint density at radius 3 is 2.30 bits per heavy atom. The van der Waals surface area contributed by atoms with Crippen molar-refractivity contribution >= 4 is 10.9 Å². The number of aryl methyl sites for hydroxylation is 3. The number of phenols is 2. The average molecular weight is 496 g/mol. The Hall–Kier alpha value is -4.72. The van der Waals surface area contributed by atoms with Crippen molar-refractivity contribution in [3.8, 4) is 34.2 Å². The molecule has 0 fully saturated rings. The third-order valence-electron chi connectivity index (χ3n) is 7.11. The first kappa shape index (κ1) is 22.7. The van der Waals surface area contributed by atoms with Crippen molar-refractivity contribution in [2.75, 3.05) is 0 Å². The molecule has 8 heteroatoms. The molecule has 3 aromatic carbocycles. The molecule has 3 heterocycles. The van der Waals surface area contributed by atoms with E-state index in [1.54, 1.807) is 19.2 Å². The lowest BCUT2D eigenvalue weighted by molar-refractivity contribution is 0.223. The number of benzene rings is 3. The van der Waals surface area contributed by atoms with Crippen LogP contribution in [0.3, 0.4) is 0 Å². The molecule has 0 saturated carbocycles. The van der Waals surface area contributed by atoms with Crippen LogP contribution in [0.5, 0.6) is 17.2 Å². The minimum absolute atomic E-state index is 0.290. The van der Waals surface area contributed by atoms with Gasteiger partial charge < -0.3 is 19.5 Å². The maximum Gasteiger partial charge on any atom is 0.331 e. The molecule has 0 spiro atoms. The highest BCUT2D eigenvalue weighted by Crippen LogP contribution is 2.49. The third kappa shape index (κ3) is 3.15. The van der Waals surface area contributed by atoms with E-state index in [1.165, 1.54) is 17.7 Å². The Kier molecular flexibility index (Phi) is 4.85. The second-order valence-corrected chi connectivity index (χ2v) is 9.55. The number of ether oxygens (including phenoxy) is 1. The van der Waals surface area contributed by atoms with E-state index in [9.17, 15) is 19.8 Å². The van der Waals surface area contributed by atoms with Crippen LogP contribution in [0, 0.1) is 13.8 Å². The van der Waals surface area contributed by atoms with Crippen LogP contribution in [0.1, 0.15) is 28.5 Å². The summed E-state index contributed by atoms with van der Waals surface area (Å²) in [6.07, 6.45) is -0.915. The molecule has 1 aliphatic heterocycles. The molecular formula is C29H25N3O5. The zero-order valence-corrected chi connectivity index (χ0v) is 20.8. The number of aromatic hydroxyl groups is 2. The fourth-order valence-corrected chi connectivity index (χ4v) is 5.23. The Bertz CT molecular complexity index is 1860. The lowest BCUT2D eigenvalue weighted by atomic mass is 10.0. The molecule has 1 unspecified atom stereocenters. The van der Waals surface area contributed by atoms with E-state index in [0.29, 0.717) is 39.3 Å². The number of aromatic nitrogens is 3. The van der Waals surface area contributed by atoms with Crippen molar-refractivity contribution in [2.45, 2.75) is 20.0 Å². The summed E-state index contributed by atoms with van der Waals surface area (Å²) in [7, 11) is 3.09. The summed E-state index contributed by atoms with van der Waals surface area (Å²) in [6.45, 7) is 3.96. The minimum atomic E-state index is -0.915. The normalized spacial score (nSPS) is 14.3. The van der Waals surface area contributed by atoms with Crippen LogP contribution in [-0.4, -0.2) is 23.9 Å². The standard InChI is InChI=1S/C29H25N3O5/c1-15-8-11-17(12-9-15)23-22-24(30(3)29(36)31(4)28(22)35)25-27(18-6-5-7-20(33)26(18)34)37-21-13-10-16(2)14-19(21)32(23)25/h5-14,27,33-34H,1-4H3. The molecule has 2 aromatic heterocycles. The van der Waals surface area contributed by atoms with Crippen LogP contribution in [0.4, 0.5) is 0 Å². The average Bonchev–Trinajstić information content (AvgIpc) is 3.25. The summed E-state index contributed by atoms with van der Waals surface area (Å²) in [5.74, 6) is -0.0715. The number of hydrogen-bond donors (Lipinski definition) is 2. The molecule has 0 amide bonds. The first-order valence-corrected chi connectivity index (χ1v) is 11.9. The predicted octanol–water partition coefficient (Wildman–Crippen LogP) is 4.20. The van der Waals surface area contributed by atoms with E-state index in [4.69, 9.17) is 4.74 Å². The molecule has 37 heavy (non-hydrogen) atoms. The number of fused-ring (bicyclic) bond motifs is 5. The van der Waals surface area contributed by atoms with Gasteiger partial charge in [-0.3, -0.25) is 13.9 Å². The summed E-state index contributed by atoms with van der Waals surface area (Å²) in [4.78, 5) is 26.9. The highest BCUT2D eigenvalue weighted by Gasteiger charge is 2.37. The summed E-state index contributed by atoms with van der Waals surface area (Å²) >= 11 is 0. The molecule has 8 nitrogen and oxygen atoms in total. The number of para-hydroxylation sites is 1. The third-order valence-corrected chi connectivity index (χ3v) is 7.11. The van der Waals surface area contributed by atoms with Gasteiger partial charge in [0, 0.05) is 19.7 Å². The molecule has 1 atom stereocenters. The van der Waals surface area contributed by atoms with Crippen LogP contribution >= 0.6 is 0 Å². The van der Waals surface area contributed by atoms with Gasteiger partial charge in [-0.15, -0.1) is 0 Å². The van der Waals surface area contributed by atoms with Crippen LogP contribution in [0.15, 0.2) is 70.3 Å². The topological polar surface area (TPSA) is 98.6 Å². The van der Waals surface area contributed by atoms with Crippen LogP contribution in [-0.2, 0) is 14.1 Å². The molecule has 0 radical (unpaired) electrons. The molecule has 2 N–H and O–H groups in total. The van der Waals surface area contributed by atoms with Gasteiger partial charge in [0.2, 0.25) is 0 Å². The van der Waals surface area contributed by atoms with Gasteiger partial charge in [-0.25, -0.2) is 4.79 Å². The maximum absolute atomic E-state index is 13.7. The minimum Gasteiger partial charge on any atom is -0.504 e. The number of phenolic OH excluding ortho intramolecular Hbond substituents is 2. The highest BCUT2D eigenvalue weighted by molar-refractivity contribution is 5.98. The Labute approximate surface area is 211 Å². The van der Waals surface area contributed by atoms with E-state index < -0.39 is 17.4 Å². The highest BCUT2D eigenvalue weighted by atomic mass is 16.5. The van der Waals surface area contributed by atoms with Gasteiger partial charge in [-0.05, 0) is 43.2 Å². The Morgan fingerprint density at radius 2 is 1.57 bits per heavy atom. The van der Waals surface area contributed by atoms with E-state index >= 15 is 0 Å². The van der Waals surface area contributed by atoms with Crippen molar-refractivity contribution in [2.24, 2.45) is 14.1 Å². The van der Waals surface area contributed by atoms with Gasteiger partial charge in [-0.1, -0.05) is 48.0 Å². The molecule has 186 valence electrons. The maximum atomic E-state index is 13.7. The van der Waals surface area contributed by atoms with E-state index in [-0.39, 0.29) is 11.5 Å². The van der Waals surface area contributed by atoms with Crippen molar-refractivity contribution in [1.82, 2.24) is 13.7 Å². The van der Waals surface area contributed by atoms with Crippen molar-refractivity contribution in [1.29, 1.82) is 0 Å². The lowest BCUT2D eigenvalue weighted by Gasteiger charge is -2.30. The van der Waals surface area contributed by atoms with Crippen molar-refractivity contribution in [3.63, 3.8) is 0 Å². The SMILES string of the molecule is Cc1ccc(-c2c3c(=O)n(C)c(=O)n(C)c3c3n2-c2cc(C)ccc2OC3c2cccc(O)c2O)cc1. The van der Waals surface area contributed by atoms with Crippen LogP contribution in [0.2, 0.25) is 0 Å². The van der Waals surface area contributed by atoms with Gasteiger partial charge >= 0.3 is 5.69 Å². The summed E-state index contributed by atoms with van der Waals surface area (Å²) in [5, 5.41) is 21.5. The van der Waals surface area contributed by atoms with Crippen molar-refractivity contribution in [3.05, 3.63) is 104 Å². The number of hydrogen-bond acceptors (Lipinski definition) is 5. The molecule has 0 aliphatic carbocycles. The van der Waals surface area contributed by atoms with Crippen LogP contribution < -0.4 is 16.0 Å². The fourth-order valence-electron chi connectivity index (χ4n) is 5.23. The smallest absolute Gasteiger partial charge is 0.331 e. The molecule has 5 aromatic rings. The van der Waals surface area contributed by atoms with Gasteiger partial charge in [-0.2, -0.15) is 0 Å². The van der Waals surface area contributed by atoms with Gasteiger partial charge in [0.05, 0.1) is 28.0 Å². The van der Waals surface area contributed by atoms with Gasteiger partial charge in [0.15, 0.2) is 17.6 Å². The van der Waals surface area contributed by atoms with E-state index in [1.807, 2.05) is 60.9 Å². The zero-order chi connectivity index (χ0) is 26.2. The molecule has 1 aliphatic rings. The first-order chi connectivity index (χ1) is 17.7. The second-order valence-electron chi connectivity index (χ2n) is 9.55. The second kappa shape index (κ2) is 7.89. The first-order valence-electron chi connectivity index (χ1n) is 11.9. The van der Waals surface area contributed by atoms with Gasteiger partial charge in [0.1, 0.15) is 5.75 Å². The predicted molar refractivity (Wildman–Crippen MR) is 141 cm³/mol. The molecular weight excluding hydrogens is 470 g/mol. The number of nitrogens with zero attached hydrogens (tertiary/aromatic N) is 3. The molecule has 6 rings (SSSR count). The van der Waals surface area contributed by atoms with E-state index in [0.717, 1.165) is 21.3 Å². The largest absolute Gasteiger partial charge is 0.504 e.